The summed E-state index contributed by atoms with van der Waals surface area (Å²) in [4.78, 5) is 0. The van der Waals surface area contributed by atoms with E-state index in [1.165, 1.54) is 56.9 Å². The fourth-order valence-electron chi connectivity index (χ4n) is 8.25. The second kappa shape index (κ2) is 9.87. The van der Waals surface area contributed by atoms with Gasteiger partial charge in [-0.05, 0) is 94.3 Å². The monoisotopic (exact) mass is 470 g/mol. The molecule has 3 heteroatoms. The van der Waals surface area contributed by atoms with Crippen molar-refractivity contribution in [2.24, 2.45) is 46.3 Å². The van der Waals surface area contributed by atoms with Crippen LogP contribution < -0.4 is 0 Å². The van der Waals surface area contributed by atoms with Crippen molar-refractivity contribution in [3.05, 3.63) is 36.0 Å². The van der Waals surface area contributed by atoms with E-state index in [0.29, 0.717) is 35.9 Å². The zero-order valence-corrected chi connectivity index (χ0v) is 22.7. The lowest BCUT2D eigenvalue weighted by atomic mass is 9.60. The van der Waals surface area contributed by atoms with E-state index in [0.717, 1.165) is 5.92 Å². The first-order chi connectivity index (χ1) is 16.1. The molecule has 8 atom stereocenters. The third-order valence-corrected chi connectivity index (χ3v) is 10.9. The minimum absolute atomic E-state index is 0.234. The summed E-state index contributed by atoms with van der Waals surface area (Å²) in [7, 11) is 1.68. The van der Waals surface area contributed by atoms with Crippen molar-refractivity contribution in [2.75, 3.05) is 20.5 Å². The molecule has 0 aromatic rings. The SMILES string of the molecule is C=C1CC[C@@H]2C[C@]12[C@@H](/C=C1\CCC[C@]2(C)[C@@H]([C@H](C)/C=C/[C@H](C)C(C)(C)OCOC)CC[C@@H]12)CO. The van der Waals surface area contributed by atoms with Crippen molar-refractivity contribution in [2.45, 2.75) is 91.6 Å². The van der Waals surface area contributed by atoms with E-state index in [2.05, 4.69) is 59.4 Å². The molecule has 0 aliphatic heterocycles. The van der Waals surface area contributed by atoms with Gasteiger partial charge in [0.2, 0.25) is 0 Å². The molecular formula is C31H50O3. The molecule has 0 saturated heterocycles. The number of fused-ring (bicyclic) bond motifs is 2. The molecule has 0 heterocycles. The van der Waals surface area contributed by atoms with Crippen molar-refractivity contribution in [3.8, 4) is 0 Å². The number of ether oxygens (including phenoxy) is 2. The normalized spacial score (nSPS) is 39.3. The maximum absolute atomic E-state index is 10.4. The number of rotatable bonds is 10. The maximum Gasteiger partial charge on any atom is 0.147 e. The first kappa shape index (κ1) is 26.2. The van der Waals surface area contributed by atoms with E-state index < -0.39 is 0 Å². The van der Waals surface area contributed by atoms with Crippen LogP contribution >= 0.6 is 0 Å². The second-order valence-electron chi connectivity index (χ2n) is 12.9. The predicted molar refractivity (Wildman–Crippen MR) is 140 cm³/mol. The van der Waals surface area contributed by atoms with E-state index in [1.54, 1.807) is 12.7 Å². The molecule has 4 aliphatic rings. The highest BCUT2D eigenvalue weighted by Gasteiger charge is 2.62. The van der Waals surface area contributed by atoms with Gasteiger partial charge in [-0.15, -0.1) is 0 Å². The minimum atomic E-state index is -0.237. The van der Waals surface area contributed by atoms with Crippen LogP contribution in [-0.4, -0.2) is 31.2 Å². The van der Waals surface area contributed by atoms with Gasteiger partial charge >= 0.3 is 0 Å². The van der Waals surface area contributed by atoms with Gasteiger partial charge in [0.15, 0.2) is 0 Å². The summed E-state index contributed by atoms with van der Waals surface area (Å²) >= 11 is 0. The van der Waals surface area contributed by atoms with Crippen LogP contribution in [0.3, 0.4) is 0 Å². The Labute approximate surface area is 209 Å². The van der Waals surface area contributed by atoms with Gasteiger partial charge in [0.1, 0.15) is 6.79 Å². The zero-order valence-electron chi connectivity index (χ0n) is 22.7. The molecule has 1 N–H and O–H groups in total. The lowest BCUT2D eigenvalue weighted by Crippen LogP contribution is -2.36. The Morgan fingerprint density at radius 2 is 1.94 bits per heavy atom. The first-order valence-corrected chi connectivity index (χ1v) is 13.9. The third kappa shape index (κ3) is 4.50. The molecule has 0 amide bonds. The van der Waals surface area contributed by atoms with Crippen LogP contribution in [-0.2, 0) is 9.47 Å². The number of methoxy groups -OCH3 is 1. The number of allylic oxidation sites excluding steroid dienone is 3. The number of hydrogen-bond donors (Lipinski definition) is 1. The Morgan fingerprint density at radius 3 is 2.56 bits per heavy atom. The standard InChI is InChI=1S/C31H50O3/c1-21(10-11-22(2)29(4,5)34-20-33-7)27-14-15-28-24(9-8-16-30(27,28)6)17-26(19-32)31-18-25(31)13-12-23(31)3/h10-11,17,21-22,25-28,32H,3,8-9,12-16,18-20H2,1-2,4-7H3/b11-10+,24-17+/t21-,22+,25-,26+,27-,28+,30-,31+/m1/s1. The molecule has 4 saturated carbocycles. The van der Waals surface area contributed by atoms with Crippen LogP contribution in [0.2, 0.25) is 0 Å². The molecule has 0 aromatic carbocycles. The molecule has 4 rings (SSSR count). The zero-order chi connectivity index (χ0) is 24.7. The van der Waals surface area contributed by atoms with Crippen LogP contribution in [0, 0.1) is 46.3 Å². The van der Waals surface area contributed by atoms with Crippen LogP contribution in [0.5, 0.6) is 0 Å². The van der Waals surface area contributed by atoms with Crippen molar-refractivity contribution in [3.63, 3.8) is 0 Å². The summed E-state index contributed by atoms with van der Waals surface area (Å²) in [5.41, 5.74) is 3.44. The van der Waals surface area contributed by atoms with Gasteiger partial charge in [-0.2, -0.15) is 0 Å². The summed E-state index contributed by atoms with van der Waals surface area (Å²) in [5.74, 6) is 3.35. The van der Waals surface area contributed by atoms with Gasteiger partial charge in [0.25, 0.3) is 0 Å². The molecular weight excluding hydrogens is 420 g/mol. The van der Waals surface area contributed by atoms with Gasteiger partial charge in [-0.1, -0.05) is 56.7 Å². The molecule has 4 aliphatic carbocycles. The van der Waals surface area contributed by atoms with Crippen molar-refractivity contribution in [1.82, 2.24) is 0 Å². The molecule has 34 heavy (non-hydrogen) atoms. The summed E-state index contributed by atoms with van der Waals surface area (Å²) < 4.78 is 11.0. The second-order valence-corrected chi connectivity index (χ2v) is 12.9. The molecule has 3 nitrogen and oxygen atoms in total. The Morgan fingerprint density at radius 1 is 1.18 bits per heavy atom. The Bertz CT molecular complexity index is 809. The summed E-state index contributed by atoms with van der Waals surface area (Å²) in [6.07, 6.45) is 17.6. The fourth-order valence-corrected chi connectivity index (χ4v) is 8.25. The van der Waals surface area contributed by atoms with Crippen LogP contribution in [0.1, 0.15) is 86.0 Å². The minimum Gasteiger partial charge on any atom is -0.396 e. The van der Waals surface area contributed by atoms with Crippen molar-refractivity contribution in [1.29, 1.82) is 0 Å². The highest BCUT2D eigenvalue weighted by atomic mass is 16.7. The number of aliphatic hydroxyl groups is 1. The predicted octanol–water partition coefficient (Wildman–Crippen LogP) is 7.32. The third-order valence-electron chi connectivity index (χ3n) is 10.9. The Balaban J connectivity index is 1.47. The highest BCUT2D eigenvalue weighted by Crippen LogP contribution is 2.70. The van der Waals surface area contributed by atoms with Gasteiger partial charge < -0.3 is 14.6 Å². The average Bonchev–Trinajstić information content (AvgIpc) is 3.31. The quantitative estimate of drug-likeness (QED) is 0.268. The molecule has 0 bridgehead atoms. The van der Waals surface area contributed by atoms with E-state index >= 15 is 0 Å². The van der Waals surface area contributed by atoms with E-state index in [-0.39, 0.29) is 23.5 Å². The first-order valence-electron chi connectivity index (χ1n) is 13.9. The Hall–Kier alpha value is -0.900. The summed E-state index contributed by atoms with van der Waals surface area (Å²) in [5, 5.41) is 10.4. The van der Waals surface area contributed by atoms with Crippen LogP contribution in [0.4, 0.5) is 0 Å². The fraction of sp³-hybridized carbons (Fsp3) is 0.806. The van der Waals surface area contributed by atoms with Gasteiger partial charge in [-0.25, -0.2) is 0 Å². The van der Waals surface area contributed by atoms with Gasteiger partial charge in [0.05, 0.1) is 12.2 Å². The molecule has 0 aromatic heterocycles. The summed E-state index contributed by atoms with van der Waals surface area (Å²) in [6, 6.07) is 0. The van der Waals surface area contributed by atoms with Crippen molar-refractivity contribution < 1.29 is 14.6 Å². The smallest absolute Gasteiger partial charge is 0.147 e. The van der Waals surface area contributed by atoms with Crippen LogP contribution in [0.15, 0.2) is 36.0 Å². The average molecular weight is 471 g/mol. The summed E-state index contributed by atoms with van der Waals surface area (Å²) in [6.45, 7) is 16.6. The van der Waals surface area contributed by atoms with E-state index in [9.17, 15) is 5.11 Å². The van der Waals surface area contributed by atoms with E-state index in [4.69, 9.17) is 9.47 Å². The van der Waals surface area contributed by atoms with Gasteiger partial charge in [-0.3, -0.25) is 0 Å². The van der Waals surface area contributed by atoms with E-state index in [1.807, 2.05) is 0 Å². The van der Waals surface area contributed by atoms with Gasteiger partial charge in [0, 0.05) is 24.4 Å². The Kier molecular flexibility index (Phi) is 7.59. The molecule has 192 valence electrons. The largest absolute Gasteiger partial charge is 0.396 e. The molecule has 0 unspecified atom stereocenters. The topological polar surface area (TPSA) is 38.7 Å². The van der Waals surface area contributed by atoms with Crippen LogP contribution in [0.25, 0.3) is 0 Å². The number of hydrogen-bond acceptors (Lipinski definition) is 3. The van der Waals surface area contributed by atoms with Crippen molar-refractivity contribution >= 4 is 0 Å². The number of aliphatic hydroxyl groups excluding tert-OH is 1. The lowest BCUT2D eigenvalue weighted by Gasteiger charge is -2.44. The molecule has 0 radical (unpaired) electrons. The highest BCUT2D eigenvalue weighted by molar-refractivity contribution is 5.34. The lowest BCUT2D eigenvalue weighted by molar-refractivity contribution is -0.128. The maximum atomic E-state index is 10.4. The molecule has 4 fully saturated rings. The molecule has 0 spiro atoms.